The van der Waals surface area contributed by atoms with Crippen LogP contribution in [0.25, 0.3) is 0 Å². The van der Waals surface area contributed by atoms with Crippen LogP contribution in [0.5, 0.6) is 0 Å². The number of hydrogen-bond acceptors (Lipinski definition) is 4. The van der Waals surface area contributed by atoms with E-state index in [-0.39, 0.29) is 5.91 Å². The van der Waals surface area contributed by atoms with Crippen molar-refractivity contribution >= 4 is 5.91 Å². The van der Waals surface area contributed by atoms with E-state index in [1.165, 1.54) is 12.8 Å². The van der Waals surface area contributed by atoms with E-state index in [1.54, 1.807) is 6.07 Å². The third-order valence-electron chi connectivity index (χ3n) is 3.78. The van der Waals surface area contributed by atoms with Gasteiger partial charge < -0.3 is 4.90 Å². The molecule has 5 heteroatoms. The van der Waals surface area contributed by atoms with Crippen LogP contribution in [0.1, 0.15) is 28.8 Å². The van der Waals surface area contributed by atoms with E-state index in [9.17, 15) is 4.79 Å². The van der Waals surface area contributed by atoms with E-state index in [1.807, 2.05) is 12.1 Å². The van der Waals surface area contributed by atoms with Crippen LogP contribution in [0, 0.1) is 0 Å². The summed E-state index contributed by atoms with van der Waals surface area (Å²) in [6.07, 6.45) is 2.50. The fourth-order valence-electron chi connectivity index (χ4n) is 2.86. The molecular weight excluding hydrogens is 252 g/mol. The first-order valence-electron chi connectivity index (χ1n) is 7.09. The monoisotopic (exact) mass is 276 g/mol. The van der Waals surface area contributed by atoms with Gasteiger partial charge in [-0.2, -0.15) is 0 Å². The lowest BCUT2D eigenvalue weighted by atomic mass is 10.1. The second-order valence-corrected chi connectivity index (χ2v) is 5.70. The second kappa shape index (κ2) is 6.83. The summed E-state index contributed by atoms with van der Waals surface area (Å²) in [5.41, 5.74) is 3.96. The smallest absolute Gasteiger partial charge is 0.265 e. The zero-order valence-electron chi connectivity index (χ0n) is 12.3. The Hall–Kier alpha value is -1.43. The number of likely N-dealkylation sites (tertiary alicyclic amines) is 1. The van der Waals surface area contributed by atoms with E-state index >= 15 is 0 Å². The molecule has 0 saturated carbocycles. The average molecular weight is 276 g/mol. The van der Waals surface area contributed by atoms with E-state index in [2.05, 4.69) is 35.4 Å². The minimum atomic E-state index is -0.238. The number of nitrogen functional groups attached to an aromatic ring is 1. The van der Waals surface area contributed by atoms with Crippen LogP contribution >= 0.6 is 0 Å². The largest absolute Gasteiger partial charge is 0.308 e. The number of hydrogen-bond donors (Lipinski definition) is 2. The molecule has 110 valence electrons. The van der Waals surface area contributed by atoms with Crippen molar-refractivity contribution in [2.24, 2.45) is 5.84 Å². The first-order chi connectivity index (χ1) is 9.60. The fourth-order valence-corrected chi connectivity index (χ4v) is 2.86. The number of benzene rings is 1. The summed E-state index contributed by atoms with van der Waals surface area (Å²) in [6.45, 7) is 3.11. The molecule has 0 spiro atoms. The van der Waals surface area contributed by atoms with Crippen molar-refractivity contribution in [1.82, 2.24) is 15.2 Å². The van der Waals surface area contributed by atoms with Crippen molar-refractivity contribution in [3.05, 3.63) is 35.4 Å². The highest BCUT2D eigenvalue weighted by Gasteiger charge is 2.24. The molecule has 20 heavy (non-hydrogen) atoms. The number of nitrogens with zero attached hydrogens (tertiary/aromatic N) is 2. The molecular formula is C15H24N4O. The van der Waals surface area contributed by atoms with Gasteiger partial charge >= 0.3 is 0 Å². The van der Waals surface area contributed by atoms with Crippen LogP contribution in [-0.2, 0) is 6.54 Å². The van der Waals surface area contributed by atoms with Crippen LogP contribution in [0.4, 0.5) is 0 Å². The maximum atomic E-state index is 11.6. The Morgan fingerprint density at radius 2 is 2.30 bits per heavy atom. The molecule has 1 aromatic rings. The molecule has 0 radical (unpaired) electrons. The Morgan fingerprint density at radius 1 is 1.50 bits per heavy atom. The normalized spacial score (nSPS) is 19.5. The van der Waals surface area contributed by atoms with Gasteiger partial charge in [0.25, 0.3) is 5.91 Å². The molecule has 1 saturated heterocycles. The Labute approximate surface area is 120 Å². The van der Waals surface area contributed by atoms with Gasteiger partial charge in [-0.1, -0.05) is 12.1 Å². The molecule has 2 rings (SSSR count). The highest BCUT2D eigenvalue weighted by molar-refractivity contribution is 5.93. The Kier molecular flexibility index (Phi) is 5.11. The molecule has 1 unspecified atom stereocenters. The van der Waals surface area contributed by atoms with Crippen molar-refractivity contribution in [3.63, 3.8) is 0 Å². The molecule has 1 heterocycles. The molecule has 1 amide bonds. The maximum absolute atomic E-state index is 11.6. The summed E-state index contributed by atoms with van der Waals surface area (Å²) < 4.78 is 0. The Bertz CT molecular complexity index is 461. The number of hydrazine groups is 1. The number of nitrogens with one attached hydrogen (secondary N) is 1. The molecule has 1 aliphatic rings. The molecule has 5 nitrogen and oxygen atoms in total. The van der Waals surface area contributed by atoms with Gasteiger partial charge in [-0.25, -0.2) is 5.84 Å². The lowest BCUT2D eigenvalue weighted by Crippen LogP contribution is -2.37. The summed E-state index contributed by atoms with van der Waals surface area (Å²) in [4.78, 5) is 16.3. The molecule has 0 aliphatic carbocycles. The number of carbonyl (C=O) groups excluding carboxylic acids is 1. The van der Waals surface area contributed by atoms with E-state index in [4.69, 9.17) is 5.84 Å². The van der Waals surface area contributed by atoms with Crippen LogP contribution in [0.15, 0.2) is 24.3 Å². The minimum absolute atomic E-state index is 0.238. The van der Waals surface area contributed by atoms with Crippen LogP contribution in [0.2, 0.25) is 0 Å². The minimum Gasteiger partial charge on any atom is -0.308 e. The molecule has 1 fully saturated rings. The third kappa shape index (κ3) is 3.79. The van der Waals surface area contributed by atoms with Crippen LogP contribution in [-0.4, -0.2) is 48.9 Å². The SMILES string of the molecule is CN(C)CC1CCCN1Cc1cccc(C(=O)NN)c1. The first-order valence-corrected chi connectivity index (χ1v) is 7.09. The highest BCUT2D eigenvalue weighted by atomic mass is 16.2. The Morgan fingerprint density at radius 3 is 3.00 bits per heavy atom. The fraction of sp³-hybridized carbons (Fsp3) is 0.533. The van der Waals surface area contributed by atoms with Crippen molar-refractivity contribution in [3.8, 4) is 0 Å². The summed E-state index contributed by atoms with van der Waals surface area (Å²) in [5.74, 6) is 4.94. The topological polar surface area (TPSA) is 61.6 Å². The van der Waals surface area contributed by atoms with Gasteiger partial charge in [0.1, 0.15) is 0 Å². The highest BCUT2D eigenvalue weighted by Crippen LogP contribution is 2.20. The maximum Gasteiger partial charge on any atom is 0.265 e. The average Bonchev–Trinajstić information content (AvgIpc) is 2.84. The summed E-state index contributed by atoms with van der Waals surface area (Å²) >= 11 is 0. The number of amides is 1. The lowest BCUT2D eigenvalue weighted by molar-refractivity contribution is 0.0953. The van der Waals surface area contributed by atoms with E-state index < -0.39 is 0 Å². The van der Waals surface area contributed by atoms with Gasteiger partial charge in [0, 0.05) is 24.7 Å². The molecule has 0 bridgehead atoms. The number of carbonyl (C=O) groups is 1. The summed E-state index contributed by atoms with van der Waals surface area (Å²) in [6, 6.07) is 8.30. The van der Waals surface area contributed by atoms with E-state index in [0.29, 0.717) is 11.6 Å². The van der Waals surface area contributed by atoms with E-state index in [0.717, 1.165) is 25.2 Å². The van der Waals surface area contributed by atoms with Crippen LogP contribution in [0.3, 0.4) is 0 Å². The third-order valence-corrected chi connectivity index (χ3v) is 3.78. The van der Waals surface area contributed by atoms with Crippen LogP contribution < -0.4 is 11.3 Å². The molecule has 1 aromatic carbocycles. The number of likely N-dealkylation sites (N-methyl/N-ethyl adjacent to an activating group) is 1. The van der Waals surface area contributed by atoms with Crippen molar-refractivity contribution in [2.75, 3.05) is 27.2 Å². The van der Waals surface area contributed by atoms with Gasteiger partial charge in [-0.05, 0) is 51.2 Å². The second-order valence-electron chi connectivity index (χ2n) is 5.70. The zero-order valence-corrected chi connectivity index (χ0v) is 12.3. The Balaban J connectivity index is 2.03. The first kappa shape index (κ1) is 15.0. The van der Waals surface area contributed by atoms with Gasteiger partial charge in [0.2, 0.25) is 0 Å². The van der Waals surface area contributed by atoms with Gasteiger partial charge in [0.05, 0.1) is 0 Å². The lowest BCUT2D eigenvalue weighted by Gasteiger charge is -2.27. The molecule has 1 atom stereocenters. The predicted octanol–water partition coefficient (Wildman–Crippen LogP) is 0.816. The van der Waals surface area contributed by atoms with Crippen molar-refractivity contribution in [1.29, 1.82) is 0 Å². The quantitative estimate of drug-likeness (QED) is 0.475. The van der Waals surface area contributed by atoms with Crippen molar-refractivity contribution in [2.45, 2.75) is 25.4 Å². The summed E-state index contributed by atoms with van der Waals surface area (Å²) in [7, 11) is 4.23. The number of rotatable bonds is 5. The van der Waals surface area contributed by atoms with Gasteiger partial charge in [-0.3, -0.25) is 15.1 Å². The van der Waals surface area contributed by atoms with Crippen molar-refractivity contribution < 1.29 is 4.79 Å². The molecule has 3 N–H and O–H groups in total. The summed E-state index contributed by atoms with van der Waals surface area (Å²) in [5, 5.41) is 0. The molecule has 1 aliphatic heterocycles. The van der Waals surface area contributed by atoms with Gasteiger partial charge in [0.15, 0.2) is 0 Å². The number of nitrogens with two attached hydrogens (primary N) is 1. The zero-order chi connectivity index (χ0) is 14.5. The standard InChI is InChI=1S/C15H24N4O/c1-18(2)11-14-7-4-8-19(14)10-12-5-3-6-13(9-12)15(20)17-16/h3,5-6,9,14H,4,7-8,10-11,16H2,1-2H3,(H,17,20). The predicted molar refractivity (Wildman–Crippen MR) is 80.1 cm³/mol. The van der Waals surface area contributed by atoms with Gasteiger partial charge in [-0.15, -0.1) is 0 Å². The molecule has 0 aromatic heterocycles.